The van der Waals surface area contributed by atoms with Gasteiger partial charge in [0.1, 0.15) is 5.75 Å². The van der Waals surface area contributed by atoms with Gasteiger partial charge in [-0.3, -0.25) is 4.79 Å². The lowest BCUT2D eigenvalue weighted by molar-refractivity contribution is -0.116. The van der Waals surface area contributed by atoms with Gasteiger partial charge in [0.05, 0.1) is 13.7 Å². The van der Waals surface area contributed by atoms with Gasteiger partial charge in [-0.05, 0) is 49.0 Å². The molecule has 0 spiro atoms. The van der Waals surface area contributed by atoms with E-state index in [1.54, 1.807) is 31.4 Å². The molecule has 132 valence electrons. The van der Waals surface area contributed by atoms with E-state index in [9.17, 15) is 4.79 Å². The van der Waals surface area contributed by atoms with E-state index in [0.29, 0.717) is 18.2 Å². The number of hydrogen-bond acceptors (Lipinski definition) is 3. The number of likely N-dealkylation sites (N-methyl/N-ethyl adjacent to an activating group) is 1. The van der Waals surface area contributed by atoms with Crippen LogP contribution >= 0.6 is 12.2 Å². The summed E-state index contributed by atoms with van der Waals surface area (Å²) in [5, 5.41) is 6.62. The number of carbonyl (C=O) groups excluding carboxylic acids is 1. The Kier molecular flexibility index (Phi) is 7.22. The molecule has 0 heterocycles. The summed E-state index contributed by atoms with van der Waals surface area (Å²) < 4.78 is 5.10. The molecule has 25 heavy (non-hydrogen) atoms. The second-order valence-electron chi connectivity index (χ2n) is 5.44. The van der Waals surface area contributed by atoms with Crippen LogP contribution in [0.2, 0.25) is 0 Å². The van der Waals surface area contributed by atoms with Crippen molar-refractivity contribution in [3.05, 3.63) is 60.2 Å². The first kappa shape index (κ1) is 18.7. The maximum Gasteiger partial charge on any atom is 0.243 e. The minimum Gasteiger partial charge on any atom is -0.497 e. The Labute approximate surface area is 154 Å². The average molecular weight is 357 g/mol. The quantitative estimate of drug-likeness (QED) is 0.746. The second kappa shape index (κ2) is 9.64. The lowest BCUT2D eigenvalue weighted by Crippen LogP contribution is -2.43. The molecule has 0 aliphatic carbocycles. The normalized spacial score (nSPS) is 10.0. The number of anilines is 1. The molecule has 0 radical (unpaired) electrons. The number of benzene rings is 2. The standard InChI is InChI=1S/C19H23N3O2S/c1-3-22(19(25)20-13-15-7-5-4-6-8-15)14-18(23)21-16-9-11-17(24-2)12-10-16/h4-12H,3,13-14H2,1-2H3,(H,20,25)(H,21,23). The highest BCUT2D eigenvalue weighted by Crippen LogP contribution is 2.14. The molecule has 0 bridgehead atoms. The highest BCUT2D eigenvalue weighted by molar-refractivity contribution is 7.80. The van der Waals surface area contributed by atoms with E-state index in [1.807, 2.05) is 42.2 Å². The highest BCUT2D eigenvalue weighted by Gasteiger charge is 2.12. The molecule has 0 fully saturated rings. The van der Waals surface area contributed by atoms with E-state index >= 15 is 0 Å². The Morgan fingerprint density at radius 3 is 2.40 bits per heavy atom. The van der Waals surface area contributed by atoms with Crippen LogP contribution in [0.25, 0.3) is 0 Å². The van der Waals surface area contributed by atoms with Crippen molar-refractivity contribution in [1.29, 1.82) is 0 Å². The van der Waals surface area contributed by atoms with Crippen LogP contribution in [-0.2, 0) is 11.3 Å². The highest BCUT2D eigenvalue weighted by atomic mass is 32.1. The van der Waals surface area contributed by atoms with Gasteiger partial charge in [-0.2, -0.15) is 0 Å². The van der Waals surface area contributed by atoms with Crippen LogP contribution in [0.3, 0.4) is 0 Å². The summed E-state index contributed by atoms with van der Waals surface area (Å²) in [6.07, 6.45) is 0. The van der Waals surface area contributed by atoms with Crippen molar-refractivity contribution in [2.24, 2.45) is 0 Å². The van der Waals surface area contributed by atoms with Crippen LogP contribution in [0.1, 0.15) is 12.5 Å². The van der Waals surface area contributed by atoms with E-state index in [0.717, 1.165) is 17.0 Å². The zero-order valence-electron chi connectivity index (χ0n) is 14.5. The smallest absolute Gasteiger partial charge is 0.243 e. The molecule has 0 aromatic heterocycles. The van der Waals surface area contributed by atoms with Gasteiger partial charge in [-0.1, -0.05) is 30.3 Å². The first-order valence-corrected chi connectivity index (χ1v) is 8.53. The maximum absolute atomic E-state index is 12.2. The van der Waals surface area contributed by atoms with Gasteiger partial charge < -0.3 is 20.3 Å². The first-order valence-electron chi connectivity index (χ1n) is 8.13. The van der Waals surface area contributed by atoms with Crippen molar-refractivity contribution >= 4 is 28.9 Å². The molecule has 0 aliphatic heterocycles. The molecule has 0 atom stereocenters. The number of methoxy groups -OCH3 is 1. The number of thiocarbonyl (C=S) groups is 1. The second-order valence-corrected chi connectivity index (χ2v) is 5.82. The fourth-order valence-electron chi connectivity index (χ4n) is 2.26. The van der Waals surface area contributed by atoms with Crippen molar-refractivity contribution < 1.29 is 9.53 Å². The summed E-state index contributed by atoms with van der Waals surface area (Å²) in [6.45, 7) is 3.45. The van der Waals surface area contributed by atoms with Gasteiger partial charge in [0.15, 0.2) is 5.11 Å². The van der Waals surface area contributed by atoms with Gasteiger partial charge >= 0.3 is 0 Å². The molecule has 1 amide bonds. The van der Waals surface area contributed by atoms with Gasteiger partial charge in [-0.15, -0.1) is 0 Å². The molecular weight excluding hydrogens is 334 g/mol. The summed E-state index contributed by atoms with van der Waals surface area (Å²) in [5.41, 5.74) is 1.87. The number of ether oxygens (including phenoxy) is 1. The molecule has 5 nitrogen and oxygen atoms in total. The average Bonchev–Trinajstić information content (AvgIpc) is 2.65. The van der Waals surface area contributed by atoms with E-state index in [1.165, 1.54) is 0 Å². The van der Waals surface area contributed by atoms with Crippen LogP contribution in [0.15, 0.2) is 54.6 Å². The molecule has 2 aromatic carbocycles. The Morgan fingerprint density at radius 1 is 1.12 bits per heavy atom. The summed E-state index contributed by atoms with van der Waals surface area (Å²) >= 11 is 5.41. The summed E-state index contributed by atoms with van der Waals surface area (Å²) in [5.74, 6) is 0.635. The van der Waals surface area contributed by atoms with Crippen LogP contribution in [0.4, 0.5) is 5.69 Å². The third-order valence-corrected chi connectivity index (χ3v) is 4.07. The maximum atomic E-state index is 12.2. The summed E-state index contributed by atoms with van der Waals surface area (Å²) in [4.78, 5) is 14.1. The van der Waals surface area contributed by atoms with Gasteiger partial charge in [0.25, 0.3) is 0 Å². The zero-order chi connectivity index (χ0) is 18.1. The van der Waals surface area contributed by atoms with Gasteiger partial charge in [-0.25, -0.2) is 0 Å². The topological polar surface area (TPSA) is 53.6 Å². The Balaban J connectivity index is 1.84. The van der Waals surface area contributed by atoms with Crippen molar-refractivity contribution in [2.45, 2.75) is 13.5 Å². The van der Waals surface area contributed by atoms with Crippen LogP contribution in [0.5, 0.6) is 5.75 Å². The first-order chi connectivity index (χ1) is 12.1. The van der Waals surface area contributed by atoms with E-state index < -0.39 is 0 Å². The Hall–Kier alpha value is -2.60. The van der Waals surface area contributed by atoms with Crippen molar-refractivity contribution in [3.63, 3.8) is 0 Å². The number of rotatable bonds is 7. The van der Waals surface area contributed by atoms with Gasteiger partial charge in [0, 0.05) is 18.8 Å². The van der Waals surface area contributed by atoms with Crippen molar-refractivity contribution in [2.75, 3.05) is 25.5 Å². The molecule has 0 unspecified atom stereocenters. The summed E-state index contributed by atoms with van der Waals surface area (Å²) in [7, 11) is 1.61. The minimum absolute atomic E-state index is 0.115. The molecule has 2 N–H and O–H groups in total. The zero-order valence-corrected chi connectivity index (χ0v) is 15.3. The van der Waals surface area contributed by atoms with Crippen LogP contribution < -0.4 is 15.4 Å². The molecular formula is C19H23N3O2S. The fourth-order valence-corrected chi connectivity index (χ4v) is 2.53. The molecule has 6 heteroatoms. The predicted octanol–water partition coefficient (Wildman–Crippen LogP) is 3.03. The lowest BCUT2D eigenvalue weighted by atomic mass is 10.2. The molecule has 0 saturated heterocycles. The van der Waals surface area contributed by atoms with E-state index in [2.05, 4.69) is 10.6 Å². The number of carbonyl (C=O) groups is 1. The number of nitrogens with one attached hydrogen (secondary N) is 2. The summed E-state index contributed by atoms with van der Waals surface area (Å²) in [6, 6.07) is 17.2. The Morgan fingerprint density at radius 2 is 1.80 bits per heavy atom. The Bertz CT molecular complexity index is 690. The minimum atomic E-state index is -0.115. The largest absolute Gasteiger partial charge is 0.497 e. The number of amides is 1. The monoisotopic (exact) mass is 357 g/mol. The van der Waals surface area contributed by atoms with E-state index in [-0.39, 0.29) is 12.5 Å². The third-order valence-electron chi connectivity index (χ3n) is 3.66. The fraction of sp³-hybridized carbons (Fsp3) is 0.263. The third kappa shape index (κ3) is 6.08. The number of hydrogen-bond donors (Lipinski definition) is 2. The van der Waals surface area contributed by atoms with E-state index in [4.69, 9.17) is 17.0 Å². The van der Waals surface area contributed by atoms with Crippen LogP contribution in [0, 0.1) is 0 Å². The molecule has 2 aromatic rings. The molecule has 0 aliphatic rings. The molecule has 2 rings (SSSR count). The van der Waals surface area contributed by atoms with Gasteiger partial charge in [0.2, 0.25) is 5.91 Å². The SMILES string of the molecule is CCN(CC(=O)Nc1ccc(OC)cc1)C(=S)NCc1ccccc1. The van der Waals surface area contributed by atoms with Crippen molar-refractivity contribution in [3.8, 4) is 5.75 Å². The van der Waals surface area contributed by atoms with Crippen molar-refractivity contribution in [1.82, 2.24) is 10.2 Å². The predicted molar refractivity (Wildman–Crippen MR) is 105 cm³/mol. The molecule has 0 saturated carbocycles. The number of nitrogens with zero attached hydrogens (tertiary/aromatic N) is 1. The van der Waals surface area contributed by atoms with Crippen LogP contribution in [-0.4, -0.2) is 36.1 Å². The lowest BCUT2D eigenvalue weighted by Gasteiger charge is -2.23.